The average Bonchev–Trinajstić information content (AvgIpc) is 3.37. The van der Waals surface area contributed by atoms with Crippen LogP contribution in [0.15, 0.2) is 71.9 Å². The van der Waals surface area contributed by atoms with Gasteiger partial charge in [0.1, 0.15) is 0 Å². The summed E-state index contributed by atoms with van der Waals surface area (Å²) in [5.74, 6) is -0.245. The van der Waals surface area contributed by atoms with Crippen molar-refractivity contribution in [1.82, 2.24) is 14.3 Å². The molecule has 2 aromatic heterocycles. The van der Waals surface area contributed by atoms with E-state index < -0.39 is 10.0 Å². The monoisotopic (exact) mass is 534 g/mol. The third-order valence-electron chi connectivity index (χ3n) is 7.02. The van der Waals surface area contributed by atoms with Gasteiger partial charge in [-0.25, -0.2) is 13.4 Å². The molecule has 0 radical (unpaired) electrons. The van der Waals surface area contributed by atoms with E-state index in [2.05, 4.69) is 4.98 Å². The molecule has 4 aromatic rings. The van der Waals surface area contributed by atoms with Crippen LogP contribution in [0.2, 0.25) is 0 Å². The highest BCUT2D eigenvalue weighted by molar-refractivity contribution is 7.89. The van der Waals surface area contributed by atoms with Gasteiger partial charge in [-0.2, -0.15) is 4.31 Å². The standard InChI is InChI=1S/C28H30N4O3S2/c1-20-8-6-12-25-26(20)30-28(36-25)32(19-21-9-7-17-29-18-21)27(33)22-13-15-24(16-14-22)37(34,35)31(2)23-10-4-3-5-11-23/h6-9,12-18,23H,3-5,10-11,19H2,1-2H3. The molecular weight excluding hydrogens is 504 g/mol. The predicted molar refractivity (Wildman–Crippen MR) is 147 cm³/mol. The Morgan fingerprint density at radius 3 is 2.46 bits per heavy atom. The summed E-state index contributed by atoms with van der Waals surface area (Å²) in [7, 11) is -1.97. The molecule has 0 atom stereocenters. The number of aromatic nitrogens is 2. The maximum Gasteiger partial charge on any atom is 0.260 e. The topological polar surface area (TPSA) is 83.5 Å². The van der Waals surface area contributed by atoms with Crippen LogP contribution in [-0.4, -0.2) is 41.7 Å². The molecule has 0 saturated heterocycles. The summed E-state index contributed by atoms with van der Waals surface area (Å²) >= 11 is 1.46. The maximum absolute atomic E-state index is 13.8. The molecule has 1 aliphatic carbocycles. The number of aryl methyl sites for hydroxylation is 1. The smallest absolute Gasteiger partial charge is 0.260 e. The lowest BCUT2D eigenvalue weighted by Gasteiger charge is -2.30. The Morgan fingerprint density at radius 1 is 1.03 bits per heavy atom. The second-order valence-corrected chi connectivity index (χ2v) is 12.5. The first kappa shape index (κ1) is 25.5. The van der Waals surface area contributed by atoms with Crippen LogP contribution in [0.3, 0.4) is 0 Å². The first-order valence-electron chi connectivity index (χ1n) is 12.5. The summed E-state index contributed by atoms with van der Waals surface area (Å²) in [5.41, 5.74) is 3.20. The molecule has 0 N–H and O–H groups in total. The number of para-hydroxylation sites is 1. The van der Waals surface area contributed by atoms with E-state index in [0.29, 0.717) is 17.2 Å². The van der Waals surface area contributed by atoms with Crippen LogP contribution in [0, 0.1) is 6.92 Å². The fourth-order valence-electron chi connectivity index (χ4n) is 4.82. The number of hydrogen-bond donors (Lipinski definition) is 0. The van der Waals surface area contributed by atoms with Crippen LogP contribution in [0.5, 0.6) is 0 Å². The highest BCUT2D eigenvalue weighted by Gasteiger charge is 2.29. The van der Waals surface area contributed by atoms with Gasteiger partial charge in [-0.05, 0) is 67.3 Å². The average molecular weight is 535 g/mol. The summed E-state index contributed by atoms with van der Waals surface area (Å²) in [6.45, 7) is 2.30. The minimum absolute atomic E-state index is 0.0255. The van der Waals surface area contributed by atoms with Gasteiger partial charge in [0.05, 0.1) is 21.7 Å². The second-order valence-electron chi connectivity index (χ2n) is 9.51. The molecule has 1 saturated carbocycles. The number of fused-ring (bicyclic) bond motifs is 1. The molecule has 5 rings (SSSR count). The number of pyridine rings is 1. The van der Waals surface area contributed by atoms with Crippen LogP contribution < -0.4 is 4.90 Å². The van der Waals surface area contributed by atoms with Gasteiger partial charge in [0.2, 0.25) is 10.0 Å². The first-order valence-corrected chi connectivity index (χ1v) is 14.8. The Balaban J connectivity index is 1.45. The molecule has 2 heterocycles. The molecule has 7 nitrogen and oxygen atoms in total. The van der Waals surface area contributed by atoms with Crippen molar-refractivity contribution in [2.45, 2.75) is 56.5 Å². The predicted octanol–water partition coefficient (Wildman–Crippen LogP) is 5.80. The molecule has 1 amide bonds. The number of amides is 1. The van der Waals surface area contributed by atoms with Crippen molar-refractivity contribution >= 4 is 42.6 Å². The SMILES string of the molecule is Cc1cccc2sc(N(Cc3cccnc3)C(=O)c3ccc(S(=O)(=O)N(C)C4CCCCC4)cc3)nc12. The van der Waals surface area contributed by atoms with Crippen LogP contribution in [0.4, 0.5) is 5.13 Å². The molecule has 37 heavy (non-hydrogen) atoms. The Kier molecular flexibility index (Phi) is 7.37. The van der Waals surface area contributed by atoms with Crippen molar-refractivity contribution in [3.63, 3.8) is 0 Å². The summed E-state index contributed by atoms with van der Waals surface area (Å²) < 4.78 is 29.0. The zero-order valence-corrected chi connectivity index (χ0v) is 22.6. The molecule has 1 aliphatic rings. The van der Waals surface area contributed by atoms with Gasteiger partial charge in [-0.3, -0.25) is 14.7 Å². The molecule has 0 spiro atoms. The molecule has 0 unspecified atom stereocenters. The maximum atomic E-state index is 13.8. The molecular formula is C28H30N4O3S2. The number of anilines is 1. The zero-order chi connectivity index (χ0) is 26.0. The van der Waals surface area contributed by atoms with Crippen molar-refractivity contribution in [2.24, 2.45) is 0 Å². The quantitative estimate of drug-likeness (QED) is 0.299. The van der Waals surface area contributed by atoms with E-state index in [1.807, 2.05) is 37.3 Å². The van der Waals surface area contributed by atoms with E-state index in [4.69, 9.17) is 4.98 Å². The summed E-state index contributed by atoms with van der Waals surface area (Å²) in [6, 6.07) is 16.0. The first-order chi connectivity index (χ1) is 17.8. The van der Waals surface area contributed by atoms with Crippen LogP contribution in [0.25, 0.3) is 10.2 Å². The van der Waals surface area contributed by atoms with E-state index >= 15 is 0 Å². The highest BCUT2D eigenvalue weighted by Crippen LogP contribution is 2.33. The van der Waals surface area contributed by atoms with E-state index in [1.54, 1.807) is 36.5 Å². The van der Waals surface area contributed by atoms with Crippen molar-refractivity contribution in [3.05, 3.63) is 83.7 Å². The Hall–Kier alpha value is -3.14. The summed E-state index contributed by atoms with van der Waals surface area (Å²) in [4.78, 5) is 24.6. The number of hydrogen-bond acceptors (Lipinski definition) is 6. The summed E-state index contributed by atoms with van der Waals surface area (Å²) in [6.07, 6.45) is 8.46. The molecule has 192 valence electrons. The molecule has 0 aliphatic heterocycles. The highest BCUT2D eigenvalue weighted by atomic mass is 32.2. The van der Waals surface area contributed by atoms with Crippen molar-refractivity contribution < 1.29 is 13.2 Å². The lowest BCUT2D eigenvalue weighted by atomic mass is 9.96. The van der Waals surface area contributed by atoms with E-state index in [0.717, 1.165) is 53.4 Å². The lowest BCUT2D eigenvalue weighted by Crippen LogP contribution is -2.38. The van der Waals surface area contributed by atoms with Gasteiger partial charge >= 0.3 is 0 Å². The van der Waals surface area contributed by atoms with Gasteiger partial charge in [-0.1, -0.05) is 48.8 Å². The van der Waals surface area contributed by atoms with Crippen molar-refractivity contribution in [1.29, 1.82) is 0 Å². The van der Waals surface area contributed by atoms with E-state index in [9.17, 15) is 13.2 Å². The second kappa shape index (κ2) is 10.7. The summed E-state index contributed by atoms with van der Waals surface area (Å²) in [5, 5.41) is 0.590. The molecule has 0 bridgehead atoms. The molecule has 2 aromatic carbocycles. The number of rotatable bonds is 7. The number of carbonyl (C=O) groups excluding carboxylic acids is 1. The number of carbonyl (C=O) groups is 1. The Bertz CT molecular complexity index is 1500. The normalized spacial score (nSPS) is 14.8. The largest absolute Gasteiger partial charge is 0.279 e. The number of nitrogens with zero attached hydrogens (tertiary/aromatic N) is 4. The van der Waals surface area contributed by atoms with Gasteiger partial charge in [-0.15, -0.1) is 0 Å². The minimum atomic E-state index is -3.63. The van der Waals surface area contributed by atoms with Gasteiger partial charge < -0.3 is 0 Å². The van der Waals surface area contributed by atoms with Gasteiger partial charge in [0.15, 0.2) is 5.13 Å². The van der Waals surface area contributed by atoms with E-state index in [1.165, 1.54) is 27.8 Å². The van der Waals surface area contributed by atoms with Gasteiger partial charge in [0, 0.05) is 31.0 Å². The van der Waals surface area contributed by atoms with Crippen LogP contribution >= 0.6 is 11.3 Å². The Labute approximate surface area is 221 Å². The van der Waals surface area contributed by atoms with Crippen LogP contribution in [-0.2, 0) is 16.6 Å². The molecule has 1 fully saturated rings. The number of thiazole rings is 1. The zero-order valence-electron chi connectivity index (χ0n) is 21.0. The van der Waals surface area contributed by atoms with E-state index in [-0.39, 0.29) is 16.8 Å². The third kappa shape index (κ3) is 5.30. The Morgan fingerprint density at radius 2 is 1.78 bits per heavy atom. The number of benzene rings is 2. The fourth-order valence-corrected chi connectivity index (χ4v) is 7.28. The van der Waals surface area contributed by atoms with Crippen LogP contribution in [0.1, 0.15) is 53.6 Å². The van der Waals surface area contributed by atoms with Crippen molar-refractivity contribution in [3.8, 4) is 0 Å². The molecule has 9 heteroatoms. The number of sulfonamides is 1. The third-order valence-corrected chi connectivity index (χ3v) is 9.98. The minimum Gasteiger partial charge on any atom is -0.279 e. The fraction of sp³-hybridized carbons (Fsp3) is 0.321. The van der Waals surface area contributed by atoms with Crippen molar-refractivity contribution in [2.75, 3.05) is 11.9 Å². The lowest BCUT2D eigenvalue weighted by molar-refractivity contribution is 0.0985. The van der Waals surface area contributed by atoms with Gasteiger partial charge in [0.25, 0.3) is 5.91 Å².